The minimum Gasteiger partial charge on any atom is -0.455 e. The first-order chi connectivity index (χ1) is 24.1. The first kappa shape index (κ1) is 35.3. The summed E-state index contributed by atoms with van der Waals surface area (Å²) in [5.41, 5.74) is 0.897. The highest BCUT2D eigenvalue weighted by atomic mass is 16.6. The van der Waals surface area contributed by atoms with Crippen molar-refractivity contribution in [2.75, 3.05) is 42.6 Å². The van der Waals surface area contributed by atoms with Crippen LogP contribution in [0, 0.1) is 17.8 Å². The number of allylic oxidation sites excluding steroid dienone is 1. The fraction of sp³-hybridized carbons (Fsp3) is 0.487. The number of anilines is 2. The molecule has 3 amide bonds. The molecule has 50 heavy (non-hydrogen) atoms. The molecule has 4 heterocycles. The second-order valence-electron chi connectivity index (χ2n) is 13.7. The second-order valence-corrected chi connectivity index (χ2v) is 13.7. The number of esters is 1. The number of hydrogen-bond acceptors (Lipinski definition) is 8. The van der Waals surface area contributed by atoms with Crippen molar-refractivity contribution in [1.29, 1.82) is 0 Å². The van der Waals surface area contributed by atoms with E-state index in [9.17, 15) is 19.5 Å². The SMILES string of the molecule is CCN(CC)c1ccc(N2C/C=C\CCC(=O)NC[C@@H](c3ccccc3)OC(=O)[C@@H]3[C@@H]4C=C[C@]5(O4)[C@H](C2=O)N([C@@H](CO)C(C)C)C(=O)[C@@H]35)cc1. The molecule has 0 aliphatic carbocycles. The Morgan fingerprint density at radius 1 is 0.980 bits per heavy atom. The van der Waals surface area contributed by atoms with Crippen molar-refractivity contribution in [2.45, 2.75) is 70.4 Å². The highest BCUT2D eigenvalue weighted by Crippen LogP contribution is 2.56. The van der Waals surface area contributed by atoms with Gasteiger partial charge in [-0.2, -0.15) is 0 Å². The molecule has 11 heteroatoms. The summed E-state index contributed by atoms with van der Waals surface area (Å²) in [7, 11) is 0. The molecule has 0 saturated carbocycles. The van der Waals surface area contributed by atoms with Gasteiger partial charge in [0.2, 0.25) is 11.8 Å². The zero-order chi connectivity index (χ0) is 35.6. The van der Waals surface area contributed by atoms with Gasteiger partial charge in [0.25, 0.3) is 5.91 Å². The number of nitrogens with one attached hydrogen (secondary N) is 1. The molecule has 266 valence electrons. The molecule has 5 bridgehead atoms. The molecule has 4 aliphatic heterocycles. The topological polar surface area (TPSA) is 129 Å². The Kier molecular flexibility index (Phi) is 10.5. The third-order valence-corrected chi connectivity index (χ3v) is 10.6. The van der Waals surface area contributed by atoms with Gasteiger partial charge in [-0.05, 0) is 56.0 Å². The van der Waals surface area contributed by atoms with E-state index in [1.54, 1.807) is 17.1 Å². The molecule has 2 N–H and O–H groups in total. The lowest BCUT2D eigenvalue weighted by Crippen LogP contribution is -2.59. The number of hydrogen-bond donors (Lipinski definition) is 2. The number of carbonyl (C=O) groups is 4. The molecular weight excluding hydrogens is 636 g/mol. The number of fused-ring (bicyclic) bond motifs is 2. The highest BCUT2D eigenvalue weighted by molar-refractivity contribution is 6.05. The maximum Gasteiger partial charge on any atom is 0.313 e. The Bertz CT molecular complexity index is 1620. The van der Waals surface area contributed by atoms with Crippen molar-refractivity contribution in [3.05, 3.63) is 84.5 Å². The maximum atomic E-state index is 15.1. The van der Waals surface area contributed by atoms with Gasteiger partial charge < -0.3 is 34.6 Å². The predicted octanol–water partition coefficient (Wildman–Crippen LogP) is 3.78. The summed E-state index contributed by atoms with van der Waals surface area (Å²) in [6.07, 6.45) is 6.29. The smallest absolute Gasteiger partial charge is 0.313 e. The van der Waals surface area contributed by atoms with Gasteiger partial charge in [-0.1, -0.05) is 68.5 Å². The molecule has 2 aromatic rings. The van der Waals surface area contributed by atoms with Crippen LogP contribution in [0.15, 0.2) is 78.9 Å². The molecule has 0 aromatic heterocycles. The van der Waals surface area contributed by atoms with Crippen molar-refractivity contribution in [2.24, 2.45) is 17.8 Å². The molecule has 2 aromatic carbocycles. The van der Waals surface area contributed by atoms with Gasteiger partial charge in [-0.3, -0.25) is 19.2 Å². The summed E-state index contributed by atoms with van der Waals surface area (Å²) in [6, 6.07) is 15.0. The molecule has 4 aliphatic rings. The first-order valence-electron chi connectivity index (χ1n) is 17.8. The van der Waals surface area contributed by atoms with E-state index in [4.69, 9.17) is 9.47 Å². The summed E-state index contributed by atoms with van der Waals surface area (Å²) in [4.78, 5) is 62.2. The number of benzene rings is 2. The van der Waals surface area contributed by atoms with E-state index in [0.717, 1.165) is 18.8 Å². The number of nitrogens with zero attached hydrogens (tertiary/aromatic N) is 3. The van der Waals surface area contributed by atoms with Crippen LogP contribution in [0.25, 0.3) is 0 Å². The van der Waals surface area contributed by atoms with Crippen LogP contribution in [0.5, 0.6) is 0 Å². The van der Waals surface area contributed by atoms with Gasteiger partial charge in [0.15, 0.2) is 0 Å². The van der Waals surface area contributed by atoms with Crippen molar-refractivity contribution >= 4 is 35.1 Å². The van der Waals surface area contributed by atoms with E-state index >= 15 is 4.79 Å². The van der Waals surface area contributed by atoms with Gasteiger partial charge in [0.05, 0.1) is 31.2 Å². The fourth-order valence-electron chi connectivity index (χ4n) is 7.96. The van der Waals surface area contributed by atoms with Crippen molar-refractivity contribution < 1.29 is 33.8 Å². The number of carbonyl (C=O) groups excluding carboxylic acids is 4. The van der Waals surface area contributed by atoms with E-state index in [2.05, 4.69) is 24.1 Å². The van der Waals surface area contributed by atoms with Gasteiger partial charge in [-0.15, -0.1) is 0 Å². The Labute approximate surface area is 293 Å². The number of rotatable bonds is 8. The number of aliphatic hydroxyl groups is 1. The second kappa shape index (κ2) is 14.8. The van der Waals surface area contributed by atoms with Crippen LogP contribution in [-0.4, -0.2) is 90.3 Å². The number of likely N-dealkylation sites (tertiary alicyclic amines) is 1. The van der Waals surface area contributed by atoms with E-state index < -0.39 is 53.6 Å². The molecule has 2 saturated heterocycles. The van der Waals surface area contributed by atoms with Gasteiger partial charge >= 0.3 is 5.97 Å². The number of aliphatic hydroxyl groups excluding tert-OH is 1. The van der Waals surface area contributed by atoms with Crippen LogP contribution < -0.4 is 15.1 Å². The fourth-order valence-corrected chi connectivity index (χ4v) is 7.96. The minimum absolute atomic E-state index is 0.0561. The number of cyclic esters (lactones) is 1. The first-order valence-corrected chi connectivity index (χ1v) is 17.8. The van der Waals surface area contributed by atoms with E-state index in [-0.39, 0.29) is 43.8 Å². The average molecular weight is 685 g/mol. The van der Waals surface area contributed by atoms with E-state index in [0.29, 0.717) is 17.7 Å². The Morgan fingerprint density at radius 3 is 2.36 bits per heavy atom. The molecule has 0 radical (unpaired) electrons. The third-order valence-electron chi connectivity index (χ3n) is 10.6. The molecule has 6 rings (SSSR count). The maximum absolute atomic E-state index is 15.1. The molecule has 1 spiro atoms. The van der Waals surface area contributed by atoms with Gasteiger partial charge in [-0.25, -0.2) is 0 Å². The number of amides is 3. The summed E-state index contributed by atoms with van der Waals surface area (Å²) in [6.45, 7) is 9.48. The van der Waals surface area contributed by atoms with Gasteiger partial charge in [0.1, 0.15) is 23.7 Å². The van der Waals surface area contributed by atoms with Crippen LogP contribution in [-0.2, 0) is 28.7 Å². The number of ether oxygens (including phenoxy) is 2. The van der Waals surface area contributed by atoms with E-state index in [1.165, 1.54) is 4.90 Å². The summed E-state index contributed by atoms with van der Waals surface area (Å²) in [5.74, 6) is -3.93. The Hall–Kier alpha value is -4.48. The van der Waals surface area contributed by atoms with Crippen LogP contribution in [0.2, 0.25) is 0 Å². The van der Waals surface area contributed by atoms with Crippen LogP contribution >= 0.6 is 0 Å². The van der Waals surface area contributed by atoms with Crippen LogP contribution in [0.1, 0.15) is 52.2 Å². The van der Waals surface area contributed by atoms with Crippen molar-refractivity contribution in [3.8, 4) is 0 Å². The Balaban J connectivity index is 1.45. The highest BCUT2D eigenvalue weighted by Gasteiger charge is 2.74. The molecule has 2 fully saturated rings. The van der Waals surface area contributed by atoms with E-state index in [1.807, 2.05) is 80.6 Å². The third kappa shape index (κ3) is 6.33. The molecule has 7 atom stereocenters. The van der Waals surface area contributed by atoms with Gasteiger partial charge in [0, 0.05) is 37.4 Å². The molecular formula is C39H48N4O7. The quantitative estimate of drug-likeness (QED) is 0.318. The lowest BCUT2D eigenvalue weighted by Gasteiger charge is -2.40. The zero-order valence-corrected chi connectivity index (χ0v) is 29.2. The average Bonchev–Trinajstić information content (AvgIpc) is 3.76. The largest absolute Gasteiger partial charge is 0.455 e. The summed E-state index contributed by atoms with van der Waals surface area (Å²) in [5, 5.41) is 13.6. The molecule has 0 unspecified atom stereocenters. The van der Waals surface area contributed by atoms with Crippen molar-refractivity contribution in [1.82, 2.24) is 10.2 Å². The molecule has 11 nitrogen and oxygen atoms in total. The Morgan fingerprint density at radius 2 is 1.70 bits per heavy atom. The van der Waals surface area contributed by atoms with Crippen LogP contribution in [0.3, 0.4) is 0 Å². The zero-order valence-electron chi connectivity index (χ0n) is 29.2. The lowest BCUT2D eigenvalue weighted by atomic mass is 9.74. The van der Waals surface area contributed by atoms with Crippen LogP contribution in [0.4, 0.5) is 11.4 Å². The predicted molar refractivity (Wildman–Crippen MR) is 189 cm³/mol. The van der Waals surface area contributed by atoms with Crippen molar-refractivity contribution in [3.63, 3.8) is 0 Å². The normalized spacial score (nSPS) is 29.6. The summed E-state index contributed by atoms with van der Waals surface area (Å²) >= 11 is 0. The summed E-state index contributed by atoms with van der Waals surface area (Å²) < 4.78 is 12.7. The lowest BCUT2D eigenvalue weighted by molar-refractivity contribution is -0.160. The standard InChI is InChI=1S/C39H48N4O7/c1-5-41(6-2)27-16-18-28(19-17-27)42-22-12-8-11-15-32(45)40-23-31(26-13-9-7-10-14-26)49-38(48)33-30-20-21-39(50-30)34(33)36(46)43(35(39)37(42)47)29(24-44)25(3)4/h7-10,12-14,16-21,25,29-31,33-35,44H,5-6,11,15,22-24H2,1-4H3,(H,40,45)/b12-8-/t29-,30-,31-,33+,34+,35-,39+/m0/s1. The monoisotopic (exact) mass is 684 g/mol. The minimum atomic E-state index is -1.45.